The number of aryl methyl sites for hydroxylation is 1. The average molecular weight is 426 g/mol. The summed E-state index contributed by atoms with van der Waals surface area (Å²) in [5, 5.41) is 10.5. The van der Waals surface area contributed by atoms with Crippen LogP contribution in [0.25, 0.3) is 11.5 Å². The molecule has 1 amide bonds. The Morgan fingerprint density at radius 2 is 1.93 bits per heavy atom. The third-order valence-corrected chi connectivity index (χ3v) is 6.94. The maximum atomic E-state index is 12.9. The number of amides is 1. The van der Waals surface area contributed by atoms with E-state index < -0.39 is 15.9 Å². The molecule has 8 nitrogen and oxygen atoms in total. The summed E-state index contributed by atoms with van der Waals surface area (Å²) < 4.78 is 32.6. The summed E-state index contributed by atoms with van der Waals surface area (Å²) in [6, 6.07) is 15.9. The molecule has 1 saturated heterocycles. The van der Waals surface area contributed by atoms with Crippen molar-refractivity contribution >= 4 is 21.9 Å². The van der Waals surface area contributed by atoms with Crippen LogP contribution in [-0.2, 0) is 14.8 Å². The predicted octanol–water partition coefficient (Wildman–Crippen LogP) is 3.08. The van der Waals surface area contributed by atoms with Crippen LogP contribution in [0.2, 0.25) is 0 Å². The number of sulfonamides is 1. The zero-order valence-electron chi connectivity index (χ0n) is 16.5. The SMILES string of the molecule is Cc1cccc(-c2nnc(NC(=O)C3CCCN(S(=O)(=O)c4ccccc4)C3)o2)c1. The van der Waals surface area contributed by atoms with Crippen LogP contribution in [0.1, 0.15) is 18.4 Å². The highest BCUT2D eigenvalue weighted by Crippen LogP contribution is 2.25. The zero-order valence-corrected chi connectivity index (χ0v) is 17.3. The fraction of sp³-hybridized carbons (Fsp3) is 0.286. The second-order valence-corrected chi connectivity index (χ2v) is 9.22. The van der Waals surface area contributed by atoms with Crippen LogP contribution in [0.3, 0.4) is 0 Å². The highest BCUT2D eigenvalue weighted by molar-refractivity contribution is 7.89. The lowest BCUT2D eigenvalue weighted by molar-refractivity contribution is -0.121. The molecule has 0 bridgehead atoms. The Hall–Kier alpha value is -3.04. The molecule has 9 heteroatoms. The van der Waals surface area contributed by atoms with Gasteiger partial charge >= 0.3 is 6.01 Å². The highest BCUT2D eigenvalue weighted by Gasteiger charge is 2.33. The minimum atomic E-state index is -3.64. The van der Waals surface area contributed by atoms with E-state index in [2.05, 4.69) is 15.5 Å². The van der Waals surface area contributed by atoms with Gasteiger partial charge in [-0.3, -0.25) is 10.1 Å². The van der Waals surface area contributed by atoms with Crippen molar-refractivity contribution in [1.82, 2.24) is 14.5 Å². The van der Waals surface area contributed by atoms with E-state index >= 15 is 0 Å². The molecule has 1 aliphatic heterocycles. The summed E-state index contributed by atoms with van der Waals surface area (Å²) in [5.41, 5.74) is 1.82. The van der Waals surface area contributed by atoms with Crippen LogP contribution >= 0.6 is 0 Å². The Labute approximate surface area is 175 Å². The third-order valence-electron chi connectivity index (χ3n) is 5.06. The van der Waals surface area contributed by atoms with E-state index in [0.717, 1.165) is 11.1 Å². The van der Waals surface area contributed by atoms with Crippen molar-refractivity contribution in [3.05, 3.63) is 60.2 Å². The molecular formula is C21H22N4O4S. The maximum Gasteiger partial charge on any atom is 0.322 e. The molecule has 0 saturated carbocycles. The van der Waals surface area contributed by atoms with Crippen LogP contribution in [-0.4, -0.2) is 41.9 Å². The minimum Gasteiger partial charge on any atom is -0.403 e. The number of nitrogens with zero attached hydrogens (tertiary/aromatic N) is 3. The number of hydrogen-bond acceptors (Lipinski definition) is 6. The van der Waals surface area contributed by atoms with Crippen molar-refractivity contribution in [3.63, 3.8) is 0 Å². The Balaban J connectivity index is 1.44. The largest absolute Gasteiger partial charge is 0.403 e. The fourth-order valence-electron chi connectivity index (χ4n) is 3.49. The molecule has 1 atom stereocenters. The summed E-state index contributed by atoms with van der Waals surface area (Å²) in [4.78, 5) is 12.9. The van der Waals surface area contributed by atoms with Crippen molar-refractivity contribution in [2.75, 3.05) is 18.4 Å². The molecule has 4 rings (SSSR count). The van der Waals surface area contributed by atoms with Gasteiger partial charge in [0.05, 0.1) is 10.8 Å². The molecule has 1 aliphatic rings. The standard InChI is InChI=1S/C21H22N4O4S/c1-15-7-5-8-16(13-15)20-23-24-21(29-20)22-19(26)17-9-6-12-25(14-17)30(27,28)18-10-3-2-4-11-18/h2-5,7-8,10-11,13,17H,6,9,12,14H2,1H3,(H,22,24,26). The monoisotopic (exact) mass is 426 g/mol. The van der Waals surface area contributed by atoms with E-state index in [-0.39, 0.29) is 23.4 Å². The van der Waals surface area contributed by atoms with Gasteiger partial charge in [0, 0.05) is 18.7 Å². The quantitative estimate of drug-likeness (QED) is 0.672. The molecular weight excluding hydrogens is 404 g/mol. The van der Waals surface area contributed by atoms with Crippen LogP contribution in [0, 0.1) is 12.8 Å². The first-order valence-electron chi connectivity index (χ1n) is 9.70. The Kier molecular flexibility index (Phi) is 5.65. The van der Waals surface area contributed by atoms with Crippen molar-refractivity contribution < 1.29 is 17.6 Å². The van der Waals surface area contributed by atoms with Crippen LogP contribution < -0.4 is 5.32 Å². The van der Waals surface area contributed by atoms with Crippen LogP contribution in [0.5, 0.6) is 0 Å². The Morgan fingerprint density at radius 3 is 2.70 bits per heavy atom. The lowest BCUT2D eigenvalue weighted by Gasteiger charge is -2.30. The molecule has 30 heavy (non-hydrogen) atoms. The summed E-state index contributed by atoms with van der Waals surface area (Å²) in [6.07, 6.45) is 1.19. The van der Waals surface area contributed by atoms with Crippen molar-refractivity contribution in [2.24, 2.45) is 5.92 Å². The number of piperidine rings is 1. The molecule has 0 radical (unpaired) electrons. The third kappa shape index (κ3) is 4.27. The van der Waals surface area contributed by atoms with Gasteiger partial charge in [0.1, 0.15) is 0 Å². The number of anilines is 1. The molecule has 1 aromatic heterocycles. The van der Waals surface area contributed by atoms with Crippen LogP contribution in [0.15, 0.2) is 63.9 Å². The van der Waals surface area contributed by atoms with Crippen molar-refractivity contribution in [2.45, 2.75) is 24.7 Å². The smallest absolute Gasteiger partial charge is 0.322 e. The van der Waals surface area contributed by atoms with Gasteiger partial charge in [-0.15, -0.1) is 5.10 Å². The summed E-state index contributed by atoms with van der Waals surface area (Å²) in [5.74, 6) is -0.514. The van der Waals surface area contributed by atoms with Gasteiger partial charge in [-0.1, -0.05) is 41.0 Å². The number of benzene rings is 2. The van der Waals surface area contributed by atoms with Gasteiger partial charge in [-0.2, -0.15) is 4.31 Å². The van der Waals surface area contributed by atoms with E-state index in [4.69, 9.17) is 4.42 Å². The summed E-state index contributed by atoms with van der Waals surface area (Å²) in [7, 11) is -3.64. The second kappa shape index (κ2) is 8.37. The molecule has 2 aromatic carbocycles. The average Bonchev–Trinajstić information content (AvgIpc) is 3.23. The second-order valence-electron chi connectivity index (χ2n) is 7.29. The van der Waals surface area contributed by atoms with Crippen molar-refractivity contribution in [1.29, 1.82) is 0 Å². The number of carbonyl (C=O) groups is 1. The van der Waals surface area contributed by atoms with Gasteiger partial charge in [0.2, 0.25) is 21.8 Å². The van der Waals surface area contributed by atoms with Gasteiger partial charge < -0.3 is 4.42 Å². The van der Waals surface area contributed by atoms with E-state index in [1.54, 1.807) is 30.3 Å². The zero-order chi connectivity index (χ0) is 21.1. The maximum absolute atomic E-state index is 12.9. The molecule has 1 unspecified atom stereocenters. The van der Waals surface area contributed by atoms with Gasteiger partial charge in [-0.05, 0) is 44.0 Å². The molecule has 1 N–H and O–H groups in total. The van der Waals surface area contributed by atoms with Gasteiger partial charge in [0.25, 0.3) is 0 Å². The molecule has 156 valence electrons. The fourth-order valence-corrected chi connectivity index (χ4v) is 5.04. The number of aromatic nitrogens is 2. The predicted molar refractivity (Wildman–Crippen MR) is 111 cm³/mol. The highest BCUT2D eigenvalue weighted by atomic mass is 32.2. The Bertz CT molecular complexity index is 1140. The number of nitrogens with one attached hydrogen (secondary N) is 1. The summed E-state index contributed by atoms with van der Waals surface area (Å²) >= 11 is 0. The molecule has 0 spiro atoms. The first kappa shape index (κ1) is 20.2. The first-order valence-corrected chi connectivity index (χ1v) is 11.1. The lowest BCUT2D eigenvalue weighted by Crippen LogP contribution is -2.43. The molecule has 3 aromatic rings. The van der Waals surface area contributed by atoms with E-state index in [1.807, 2.05) is 31.2 Å². The van der Waals surface area contributed by atoms with Gasteiger partial charge in [0.15, 0.2) is 0 Å². The van der Waals surface area contributed by atoms with E-state index in [9.17, 15) is 13.2 Å². The normalized spacial score (nSPS) is 17.6. The van der Waals surface area contributed by atoms with Crippen molar-refractivity contribution in [3.8, 4) is 11.5 Å². The van der Waals surface area contributed by atoms with Crippen LogP contribution in [0.4, 0.5) is 6.01 Å². The molecule has 2 heterocycles. The van der Waals surface area contributed by atoms with E-state index in [0.29, 0.717) is 25.3 Å². The topological polar surface area (TPSA) is 105 Å². The van der Waals surface area contributed by atoms with Gasteiger partial charge in [-0.25, -0.2) is 8.42 Å². The lowest BCUT2D eigenvalue weighted by atomic mass is 9.99. The molecule has 0 aliphatic carbocycles. The molecule has 1 fully saturated rings. The first-order chi connectivity index (χ1) is 14.4. The Morgan fingerprint density at radius 1 is 1.13 bits per heavy atom. The minimum absolute atomic E-state index is 0.000420. The van der Waals surface area contributed by atoms with E-state index in [1.165, 1.54) is 4.31 Å². The summed E-state index contributed by atoms with van der Waals surface area (Å²) in [6.45, 7) is 2.46. The number of carbonyl (C=O) groups excluding carboxylic acids is 1. The number of hydrogen-bond donors (Lipinski definition) is 1. The number of rotatable bonds is 5.